The van der Waals surface area contributed by atoms with Crippen molar-refractivity contribution < 1.29 is 9.53 Å². The molecule has 0 radical (unpaired) electrons. The third-order valence-corrected chi connectivity index (χ3v) is 6.56. The van der Waals surface area contributed by atoms with Crippen molar-refractivity contribution in [3.63, 3.8) is 0 Å². The summed E-state index contributed by atoms with van der Waals surface area (Å²) in [5.74, 6) is 0.581. The van der Waals surface area contributed by atoms with E-state index in [9.17, 15) is 4.79 Å². The average molecular weight is 474 g/mol. The van der Waals surface area contributed by atoms with E-state index in [1.165, 1.54) is 36.1 Å². The predicted octanol–water partition coefficient (Wildman–Crippen LogP) is 5.06. The number of hydrogen-bond donors (Lipinski definition) is 1. The lowest BCUT2D eigenvalue weighted by Gasteiger charge is -2.15. The zero-order valence-electron chi connectivity index (χ0n) is 18.4. The molecule has 32 heavy (non-hydrogen) atoms. The van der Waals surface area contributed by atoms with E-state index in [0.29, 0.717) is 21.7 Å². The van der Waals surface area contributed by atoms with Crippen LogP contribution in [0.15, 0.2) is 24.4 Å². The lowest BCUT2D eigenvalue weighted by molar-refractivity contribution is -0.115. The molecule has 3 aromatic heterocycles. The molecular weight excluding hydrogens is 446 g/mol. The Morgan fingerprint density at radius 2 is 1.97 bits per heavy atom. The van der Waals surface area contributed by atoms with Crippen LogP contribution in [0.4, 0.5) is 5.13 Å². The second-order valence-electron chi connectivity index (χ2n) is 8.00. The van der Waals surface area contributed by atoms with Gasteiger partial charge in [0.05, 0.1) is 42.3 Å². The third-order valence-electron chi connectivity index (χ3n) is 5.53. The zero-order valence-corrected chi connectivity index (χ0v) is 20.0. The molecule has 0 spiro atoms. The summed E-state index contributed by atoms with van der Waals surface area (Å²) in [5.41, 5.74) is 3.74. The Hall–Kier alpha value is -2.45. The van der Waals surface area contributed by atoms with Gasteiger partial charge in [0, 0.05) is 17.8 Å². The number of thiazole rings is 1. The number of anilines is 1. The van der Waals surface area contributed by atoms with Gasteiger partial charge in [0.25, 0.3) is 0 Å². The van der Waals surface area contributed by atoms with Gasteiger partial charge < -0.3 is 10.1 Å². The van der Waals surface area contributed by atoms with Gasteiger partial charge in [-0.05, 0) is 44.6 Å². The van der Waals surface area contributed by atoms with Crippen molar-refractivity contribution in [2.45, 2.75) is 71.4 Å². The minimum atomic E-state index is -0.186. The number of halogens is 1. The Morgan fingerprint density at radius 1 is 1.19 bits per heavy atom. The fourth-order valence-electron chi connectivity index (χ4n) is 3.96. The van der Waals surface area contributed by atoms with Crippen LogP contribution in [0.3, 0.4) is 0 Å². The molecule has 1 amide bonds. The van der Waals surface area contributed by atoms with Crippen molar-refractivity contribution in [3.05, 3.63) is 51.5 Å². The van der Waals surface area contributed by atoms with Gasteiger partial charge in [-0.25, -0.2) is 4.98 Å². The number of rotatable bonds is 9. The number of ether oxygens (including phenoxy) is 1. The Morgan fingerprint density at radius 3 is 2.66 bits per heavy atom. The van der Waals surface area contributed by atoms with E-state index in [1.807, 2.05) is 16.8 Å². The summed E-state index contributed by atoms with van der Waals surface area (Å²) in [6, 6.07) is 6.00. The van der Waals surface area contributed by atoms with E-state index in [4.69, 9.17) is 26.4 Å². The largest absolute Gasteiger partial charge is 0.490 e. The molecular formula is C23H28ClN5O2S. The molecule has 3 heterocycles. The van der Waals surface area contributed by atoms with Crippen molar-refractivity contribution in [2.75, 3.05) is 5.32 Å². The number of aromatic nitrogens is 4. The van der Waals surface area contributed by atoms with Gasteiger partial charge in [-0.1, -0.05) is 36.8 Å². The van der Waals surface area contributed by atoms with Crippen molar-refractivity contribution in [1.82, 2.24) is 19.7 Å². The highest BCUT2D eigenvalue weighted by Crippen LogP contribution is 2.26. The van der Waals surface area contributed by atoms with Crippen LogP contribution in [-0.4, -0.2) is 31.8 Å². The standard InChI is InChI=1S/C23H28ClN5O2S/c1-3-15-9-18(4-2)29(28-15)14-17-11-20(31-19-7-5-6-8-19)10-16(26-17)12-22(30)27-23-25-13-21(24)32-23/h9-11,13,19H,3-8,12,14H2,1-2H3,(H,25,27,30). The first-order chi connectivity index (χ1) is 15.5. The Kier molecular flexibility index (Phi) is 7.42. The van der Waals surface area contributed by atoms with E-state index in [0.717, 1.165) is 42.8 Å². The lowest BCUT2D eigenvalue weighted by Crippen LogP contribution is -2.17. The van der Waals surface area contributed by atoms with Crippen LogP contribution in [-0.2, 0) is 30.6 Å². The molecule has 1 aliphatic carbocycles. The number of amides is 1. The summed E-state index contributed by atoms with van der Waals surface area (Å²) >= 11 is 7.14. The van der Waals surface area contributed by atoms with Crippen LogP contribution in [0.25, 0.3) is 0 Å². The minimum Gasteiger partial charge on any atom is -0.490 e. The molecule has 0 bridgehead atoms. The normalized spacial score (nSPS) is 14.1. The maximum atomic E-state index is 12.6. The molecule has 0 unspecified atom stereocenters. The van der Waals surface area contributed by atoms with Crippen LogP contribution < -0.4 is 10.1 Å². The molecule has 3 aromatic rings. The van der Waals surface area contributed by atoms with E-state index in [-0.39, 0.29) is 18.4 Å². The molecule has 170 valence electrons. The molecule has 1 saturated carbocycles. The molecule has 4 rings (SSSR count). The quantitative estimate of drug-likeness (QED) is 0.469. The second kappa shape index (κ2) is 10.4. The third kappa shape index (κ3) is 5.86. The first-order valence-electron chi connectivity index (χ1n) is 11.2. The van der Waals surface area contributed by atoms with Crippen LogP contribution in [0.1, 0.15) is 62.3 Å². The molecule has 1 fully saturated rings. The minimum absolute atomic E-state index is 0.131. The predicted molar refractivity (Wildman–Crippen MR) is 127 cm³/mol. The highest BCUT2D eigenvalue weighted by atomic mass is 35.5. The van der Waals surface area contributed by atoms with Gasteiger partial charge in [-0.15, -0.1) is 0 Å². The monoisotopic (exact) mass is 473 g/mol. The highest BCUT2D eigenvalue weighted by molar-refractivity contribution is 7.19. The zero-order chi connectivity index (χ0) is 22.5. The van der Waals surface area contributed by atoms with Crippen LogP contribution in [0.5, 0.6) is 5.75 Å². The Bertz CT molecular complexity index is 1070. The summed E-state index contributed by atoms with van der Waals surface area (Å²) in [6.45, 7) is 4.77. The van der Waals surface area contributed by atoms with Gasteiger partial charge in [-0.2, -0.15) is 5.10 Å². The topological polar surface area (TPSA) is 81.9 Å². The highest BCUT2D eigenvalue weighted by Gasteiger charge is 2.18. The van der Waals surface area contributed by atoms with Crippen molar-refractivity contribution in [2.24, 2.45) is 0 Å². The fraction of sp³-hybridized carbons (Fsp3) is 0.478. The molecule has 7 nitrogen and oxygen atoms in total. The fourth-order valence-corrected chi connectivity index (χ4v) is 4.79. The van der Waals surface area contributed by atoms with Crippen molar-refractivity contribution in [3.8, 4) is 5.75 Å². The number of aryl methyl sites for hydroxylation is 2. The van der Waals surface area contributed by atoms with Gasteiger partial charge in [-0.3, -0.25) is 14.5 Å². The molecule has 0 aromatic carbocycles. The molecule has 0 atom stereocenters. The Labute approximate surface area is 197 Å². The van der Waals surface area contributed by atoms with Crippen molar-refractivity contribution in [1.29, 1.82) is 0 Å². The summed E-state index contributed by atoms with van der Waals surface area (Å²) < 4.78 is 8.79. The van der Waals surface area contributed by atoms with E-state index < -0.39 is 0 Å². The summed E-state index contributed by atoms with van der Waals surface area (Å²) in [7, 11) is 0. The second-order valence-corrected chi connectivity index (χ2v) is 9.66. The number of carbonyl (C=O) groups is 1. The maximum Gasteiger partial charge on any atom is 0.232 e. The molecule has 0 aliphatic heterocycles. The average Bonchev–Trinajstić information content (AvgIpc) is 3.49. The number of nitrogens with zero attached hydrogens (tertiary/aromatic N) is 4. The van der Waals surface area contributed by atoms with E-state index >= 15 is 0 Å². The van der Waals surface area contributed by atoms with Crippen LogP contribution in [0.2, 0.25) is 4.34 Å². The first kappa shape index (κ1) is 22.7. The van der Waals surface area contributed by atoms with Gasteiger partial charge >= 0.3 is 0 Å². The van der Waals surface area contributed by atoms with Gasteiger partial charge in [0.2, 0.25) is 5.91 Å². The van der Waals surface area contributed by atoms with Gasteiger partial charge in [0.15, 0.2) is 5.13 Å². The first-order valence-corrected chi connectivity index (χ1v) is 12.3. The van der Waals surface area contributed by atoms with Crippen LogP contribution in [0, 0.1) is 0 Å². The molecule has 1 N–H and O–H groups in total. The number of nitrogens with one attached hydrogen (secondary N) is 1. The Balaban J connectivity index is 1.55. The van der Waals surface area contributed by atoms with Gasteiger partial charge in [0.1, 0.15) is 10.1 Å². The number of hydrogen-bond acceptors (Lipinski definition) is 6. The summed E-state index contributed by atoms with van der Waals surface area (Å²) in [6.07, 6.45) is 8.20. The van der Waals surface area contributed by atoms with Crippen molar-refractivity contribution >= 4 is 34.0 Å². The molecule has 0 saturated heterocycles. The maximum absolute atomic E-state index is 12.6. The smallest absolute Gasteiger partial charge is 0.232 e. The van der Waals surface area contributed by atoms with E-state index in [2.05, 4.69) is 30.2 Å². The summed E-state index contributed by atoms with van der Waals surface area (Å²) in [5, 5.41) is 7.98. The lowest BCUT2D eigenvalue weighted by atomic mass is 10.2. The molecule has 1 aliphatic rings. The van der Waals surface area contributed by atoms with E-state index in [1.54, 1.807) is 0 Å². The number of carbonyl (C=O) groups excluding carboxylic acids is 1. The SMILES string of the molecule is CCc1cc(CC)n(Cc2cc(OC3CCCC3)cc(CC(=O)Nc3ncc(Cl)s3)n2)n1. The molecule has 9 heteroatoms. The summed E-state index contributed by atoms with van der Waals surface area (Å²) in [4.78, 5) is 21.4. The van der Waals surface area contributed by atoms with Crippen LogP contribution >= 0.6 is 22.9 Å². The number of pyridine rings is 1.